The summed E-state index contributed by atoms with van der Waals surface area (Å²) >= 11 is 0. The topological polar surface area (TPSA) is 78.8 Å². The van der Waals surface area contributed by atoms with E-state index in [0.717, 1.165) is 19.5 Å². The number of aromatic nitrogens is 2. The normalized spacial score (nSPS) is 25.2. The van der Waals surface area contributed by atoms with Crippen molar-refractivity contribution in [3.8, 4) is 6.07 Å². The fourth-order valence-electron chi connectivity index (χ4n) is 2.00. The summed E-state index contributed by atoms with van der Waals surface area (Å²) in [5.74, 6) is 1.10. The van der Waals surface area contributed by atoms with Crippen LogP contribution in [0.5, 0.6) is 0 Å². The highest BCUT2D eigenvalue weighted by Gasteiger charge is 2.25. The van der Waals surface area contributed by atoms with E-state index in [4.69, 9.17) is 11.0 Å². The number of hydrogen-bond donors (Lipinski definition) is 1. The highest BCUT2D eigenvalue weighted by molar-refractivity contribution is 5.52. The second-order valence-corrected chi connectivity index (χ2v) is 4.26. The average molecular weight is 217 g/mol. The summed E-state index contributed by atoms with van der Waals surface area (Å²) in [6.45, 7) is 3.81. The molecule has 5 nitrogen and oxygen atoms in total. The van der Waals surface area contributed by atoms with E-state index in [1.807, 2.05) is 0 Å². The highest BCUT2D eigenvalue weighted by Crippen LogP contribution is 2.22. The molecule has 1 aliphatic rings. The Hall–Kier alpha value is -1.67. The fourth-order valence-corrected chi connectivity index (χ4v) is 2.00. The van der Waals surface area contributed by atoms with Gasteiger partial charge in [0.2, 0.25) is 0 Å². The van der Waals surface area contributed by atoms with Gasteiger partial charge < -0.3 is 10.6 Å². The van der Waals surface area contributed by atoms with Crippen LogP contribution in [0.3, 0.4) is 0 Å². The van der Waals surface area contributed by atoms with Crippen LogP contribution in [0, 0.1) is 17.2 Å². The van der Waals surface area contributed by atoms with Gasteiger partial charge in [0.05, 0.1) is 11.8 Å². The molecule has 84 valence electrons. The van der Waals surface area contributed by atoms with Gasteiger partial charge in [0.25, 0.3) is 0 Å². The lowest BCUT2D eigenvalue weighted by Crippen LogP contribution is -2.46. The molecule has 5 heteroatoms. The Bertz CT molecular complexity index is 411. The highest BCUT2D eigenvalue weighted by atomic mass is 15.3. The molecule has 2 unspecified atom stereocenters. The van der Waals surface area contributed by atoms with Crippen LogP contribution in [0.1, 0.15) is 18.9 Å². The molecule has 2 heterocycles. The molecule has 0 radical (unpaired) electrons. The number of hydrogen-bond acceptors (Lipinski definition) is 5. The van der Waals surface area contributed by atoms with E-state index in [1.165, 1.54) is 0 Å². The van der Waals surface area contributed by atoms with Gasteiger partial charge in [0.1, 0.15) is 6.07 Å². The van der Waals surface area contributed by atoms with Crippen molar-refractivity contribution in [1.82, 2.24) is 10.2 Å². The van der Waals surface area contributed by atoms with Crippen molar-refractivity contribution >= 4 is 5.82 Å². The van der Waals surface area contributed by atoms with Crippen molar-refractivity contribution in [2.24, 2.45) is 11.7 Å². The SMILES string of the molecule is CC1CN(c2nnccc2C#N)CCC1N. The summed E-state index contributed by atoms with van der Waals surface area (Å²) in [4.78, 5) is 2.10. The first-order valence-corrected chi connectivity index (χ1v) is 5.44. The smallest absolute Gasteiger partial charge is 0.169 e. The molecular formula is C11H15N5. The summed E-state index contributed by atoms with van der Waals surface area (Å²) in [6.07, 6.45) is 2.48. The molecule has 1 fully saturated rings. The predicted molar refractivity (Wildman–Crippen MR) is 60.7 cm³/mol. The second-order valence-electron chi connectivity index (χ2n) is 4.26. The maximum Gasteiger partial charge on any atom is 0.169 e. The van der Waals surface area contributed by atoms with E-state index in [2.05, 4.69) is 28.1 Å². The molecule has 0 saturated carbocycles. The van der Waals surface area contributed by atoms with E-state index in [-0.39, 0.29) is 6.04 Å². The Balaban J connectivity index is 2.22. The van der Waals surface area contributed by atoms with Crippen LogP contribution in [0.2, 0.25) is 0 Å². The minimum Gasteiger partial charge on any atom is -0.354 e. The summed E-state index contributed by atoms with van der Waals surface area (Å²) in [5, 5.41) is 16.9. The van der Waals surface area contributed by atoms with Crippen LogP contribution in [-0.4, -0.2) is 29.3 Å². The van der Waals surface area contributed by atoms with Gasteiger partial charge in [0.15, 0.2) is 5.82 Å². The quantitative estimate of drug-likeness (QED) is 0.742. The first kappa shape index (κ1) is 10.8. The van der Waals surface area contributed by atoms with Crippen LogP contribution in [0.25, 0.3) is 0 Å². The monoisotopic (exact) mass is 217 g/mol. The zero-order chi connectivity index (χ0) is 11.5. The third kappa shape index (κ3) is 1.97. The van der Waals surface area contributed by atoms with Crippen molar-refractivity contribution in [3.63, 3.8) is 0 Å². The maximum atomic E-state index is 9.00. The maximum absolute atomic E-state index is 9.00. The first-order valence-electron chi connectivity index (χ1n) is 5.44. The van der Waals surface area contributed by atoms with Crippen LogP contribution in [0.15, 0.2) is 12.3 Å². The van der Waals surface area contributed by atoms with Gasteiger partial charge in [-0.3, -0.25) is 0 Å². The number of nitrogens with two attached hydrogens (primary N) is 1. The summed E-state index contributed by atoms with van der Waals surface area (Å²) in [5.41, 5.74) is 6.54. The Labute approximate surface area is 94.9 Å². The van der Waals surface area contributed by atoms with Crippen LogP contribution in [-0.2, 0) is 0 Å². The predicted octanol–water partition coefficient (Wildman–Crippen LogP) is 0.522. The van der Waals surface area contributed by atoms with E-state index in [1.54, 1.807) is 12.3 Å². The number of rotatable bonds is 1. The summed E-state index contributed by atoms with van der Waals surface area (Å²) < 4.78 is 0. The zero-order valence-electron chi connectivity index (χ0n) is 9.30. The van der Waals surface area contributed by atoms with Gasteiger partial charge >= 0.3 is 0 Å². The Morgan fingerprint density at radius 3 is 3.12 bits per heavy atom. The lowest BCUT2D eigenvalue weighted by molar-refractivity contribution is 0.381. The van der Waals surface area contributed by atoms with Crippen molar-refractivity contribution in [1.29, 1.82) is 5.26 Å². The zero-order valence-corrected chi connectivity index (χ0v) is 9.30. The Morgan fingerprint density at radius 2 is 2.44 bits per heavy atom. The van der Waals surface area contributed by atoms with Crippen LogP contribution in [0.4, 0.5) is 5.82 Å². The summed E-state index contributed by atoms with van der Waals surface area (Å²) in [7, 11) is 0. The third-order valence-electron chi connectivity index (χ3n) is 3.09. The standard InChI is InChI=1S/C11H15N5/c1-8-7-16(5-3-10(8)13)11-9(6-12)2-4-14-15-11/h2,4,8,10H,3,5,7,13H2,1H3. The van der Waals surface area contributed by atoms with Crippen LogP contribution >= 0.6 is 0 Å². The van der Waals surface area contributed by atoms with E-state index in [9.17, 15) is 0 Å². The average Bonchev–Trinajstić information content (AvgIpc) is 2.32. The minimum atomic E-state index is 0.249. The fraction of sp³-hybridized carbons (Fsp3) is 0.545. The Kier molecular flexibility index (Phi) is 3.02. The van der Waals surface area contributed by atoms with Crippen molar-refractivity contribution in [2.75, 3.05) is 18.0 Å². The van der Waals surface area contributed by atoms with Gasteiger partial charge in [-0.05, 0) is 18.4 Å². The number of anilines is 1. The van der Waals surface area contributed by atoms with Gasteiger partial charge in [0, 0.05) is 19.1 Å². The lowest BCUT2D eigenvalue weighted by Gasteiger charge is -2.35. The Morgan fingerprint density at radius 1 is 1.62 bits per heavy atom. The van der Waals surface area contributed by atoms with Crippen molar-refractivity contribution in [2.45, 2.75) is 19.4 Å². The molecular weight excluding hydrogens is 202 g/mol. The molecule has 2 rings (SSSR count). The molecule has 16 heavy (non-hydrogen) atoms. The third-order valence-corrected chi connectivity index (χ3v) is 3.09. The van der Waals surface area contributed by atoms with E-state index >= 15 is 0 Å². The number of nitriles is 1. The largest absolute Gasteiger partial charge is 0.354 e. The van der Waals surface area contributed by atoms with E-state index < -0.39 is 0 Å². The number of nitrogens with zero attached hydrogens (tertiary/aromatic N) is 4. The second kappa shape index (κ2) is 4.45. The van der Waals surface area contributed by atoms with E-state index in [0.29, 0.717) is 17.3 Å². The summed E-state index contributed by atoms with van der Waals surface area (Å²) in [6, 6.07) is 4.09. The van der Waals surface area contributed by atoms with Crippen molar-refractivity contribution < 1.29 is 0 Å². The van der Waals surface area contributed by atoms with Crippen LogP contribution < -0.4 is 10.6 Å². The molecule has 1 aromatic rings. The number of piperidine rings is 1. The van der Waals surface area contributed by atoms with Gasteiger partial charge in [-0.25, -0.2) is 0 Å². The molecule has 2 N–H and O–H groups in total. The molecule has 0 amide bonds. The molecule has 0 aliphatic carbocycles. The van der Waals surface area contributed by atoms with Gasteiger partial charge in [-0.2, -0.15) is 10.4 Å². The molecule has 0 aromatic carbocycles. The molecule has 1 aliphatic heterocycles. The molecule has 1 aromatic heterocycles. The molecule has 0 spiro atoms. The lowest BCUT2D eigenvalue weighted by atomic mass is 9.94. The van der Waals surface area contributed by atoms with Gasteiger partial charge in [-0.15, -0.1) is 5.10 Å². The van der Waals surface area contributed by atoms with Gasteiger partial charge in [-0.1, -0.05) is 6.92 Å². The molecule has 2 atom stereocenters. The van der Waals surface area contributed by atoms with Crippen molar-refractivity contribution in [3.05, 3.63) is 17.8 Å². The minimum absolute atomic E-state index is 0.249. The molecule has 0 bridgehead atoms. The molecule has 1 saturated heterocycles. The first-order chi connectivity index (χ1) is 7.72.